The number of nitrogens with zero attached hydrogens (tertiary/aromatic N) is 3. The number of sulfonamides is 1. The third kappa shape index (κ3) is 5.78. The first-order chi connectivity index (χ1) is 17.4. The Balaban J connectivity index is 1.41. The molecule has 1 saturated carbocycles. The van der Waals surface area contributed by atoms with Gasteiger partial charge in [0.1, 0.15) is 10.6 Å². The molecule has 0 unspecified atom stereocenters. The summed E-state index contributed by atoms with van der Waals surface area (Å²) in [6.07, 6.45) is 2.60. The van der Waals surface area contributed by atoms with Crippen LogP contribution in [0.4, 0.5) is 5.69 Å². The van der Waals surface area contributed by atoms with Crippen LogP contribution in [0.15, 0.2) is 93.4 Å². The van der Waals surface area contributed by atoms with E-state index in [4.69, 9.17) is 0 Å². The first-order valence-electron chi connectivity index (χ1n) is 12.4. The highest BCUT2D eigenvalue weighted by Gasteiger charge is 2.43. The minimum absolute atomic E-state index is 0.00887. The molecule has 2 atom stereocenters. The Hall–Kier alpha value is -2.39. The molecule has 1 heterocycles. The van der Waals surface area contributed by atoms with Crippen molar-refractivity contribution in [1.82, 2.24) is 9.21 Å². The van der Waals surface area contributed by atoms with E-state index < -0.39 is 10.0 Å². The number of benzene rings is 3. The van der Waals surface area contributed by atoms with Gasteiger partial charge in [0.2, 0.25) is 10.0 Å². The standard InChI is InChI=1S/C28H30BrN3O3S/c29-25-10-6-9-22(16-25)15-23-18-31(17-21-7-2-1-3-8-21)19-24(23)20-32(26-13-14-26)36(34,35)28-12-5-4-11-27(28)30-33/h1-12,16,23-24,26H,13-15,17-20H2/t23-,24+/m1/s1. The van der Waals surface area contributed by atoms with Gasteiger partial charge in [-0.3, -0.25) is 4.90 Å². The van der Waals surface area contributed by atoms with E-state index in [1.54, 1.807) is 16.4 Å². The van der Waals surface area contributed by atoms with E-state index >= 15 is 0 Å². The van der Waals surface area contributed by atoms with Crippen LogP contribution in [-0.2, 0) is 23.0 Å². The van der Waals surface area contributed by atoms with Crippen molar-refractivity contribution in [3.05, 3.63) is 99.4 Å². The molecule has 3 aromatic rings. The van der Waals surface area contributed by atoms with Crippen LogP contribution in [-0.4, -0.2) is 43.3 Å². The average molecular weight is 569 g/mol. The van der Waals surface area contributed by atoms with Gasteiger partial charge in [0.05, 0.1) is 0 Å². The molecule has 2 aliphatic rings. The van der Waals surface area contributed by atoms with Gasteiger partial charge in [-0.1, -0.05) is 70.5 Å². The quantitative estimate of drug-likeness (QED) is 0.282. The summed E-state index contributed by atoms with van der Waals surface area (Å²) >= 11 is 3.58. The van der Waals surface area contributed by atoms with Gasteiger partial charge in [-0.2, -0.15) is 4.31 Å². The molecule has 188 valence electrons. The molecule has 0 spiro atoms. The van der Waals surface area contributed by atoms with Crippen molar-refractivity contribution in [2.24, 2.45) is 17.0 Å². The monoisotopic (exact) mass is 567 g/mol. The highest BCUT2D eigenvalue weighted by Crippen LogP contribution is 2.38. The molecule has 0 aromatic heterocycles. The maximum absolute atomic E-state index is 13.8. The van der Waals surface area contributed by atoms with Crippen molar-refractivity contribution in [3.8, 4) is 0 Å². The Morgan fingerprint density at radius 3 is 2.31 bits per heavy atom. The van der Waals surface area contributed by atoms with Crippen LogP contribution >= 0.6 is 15.9 Å². The minimum Gasteiger partial charge on any atom is -0.298 e. The highest BCUT2D eigenvalue weighted by atomic mass is 79.9. The zero-order valence-electron chi connectivity index (χ0n) is 20.0. The van der Waals surface area contributed by atoms with Crippen LogP contribution in [0.5, 0.6) is 0 Å². The van der Waals surface area contributed by atoms with E-state index in [2.05, 4.69) is 68.5 Å². The third-order valence-corrected chi connectivity index (χ3v) is 9.67. The van der Waals surface area contributed by atoms with E-state index in [0.29, 0.717) is 12.5 Å². The van der Waals surface area contributed by atoms with Crippen LogP contribution < -0.4 is 0 Å². The molecule has 3 aromatic carbocycles. The Kier molecular flexibility index (Phi) is 7.67. The van der Waals surface area contributed by atoms with Crippen molar-refractivity contribution in [3.63, 3.8) is 0 Å². The van der Waals surface area contributed by atoms with Gasteiger partial charge in [-0.15, -0.1) is 4.91 Å². The fourth-order valence-electron chi connectivity index (χ4n) is 5.33. The molecule has 6 nitrogen and oxygen atoms in total. The summed E-state index contributed by atoms with van der Waals surface area (Å²) in [6.45, 7) is 3.04. The van der Waals surface area contributed by atoms with Crippen LogP contribution in [0.3, 0.4) is 0 Å². The lowest BCUT2D eigenvalue weighted by atomic mass is 9.89. The maximum Gasteiger partial charge on any atom is 0.245 e. The molecule has 1 aliphatic carbocycles. The Morgan fingerprint density at radius 1 is 0.889 bits per heavy atom. The van der Waals surface area contributed by atoms with Gasteiger partial charge < -0.3 is 0 Å². The number of halogens is 1. The van der Waals surface area contributed by atoms with Gasteiger partial charge in [-0.05, 0) is 71.7 Å². The Bertz CT molecular complexity index is 1310. The maximum atomic E-state index is 13.8. The topological polar surface area (TPSA) is 70.0 Å². The van der Waals surface area contributed by atoms with E-state index in [1.807, 2.05) is 12.1 Å². The van der Waals surface area contributed by atoms with Crippen LogP contribution in [0.25, 0.3) is 0 Å². The summed E-state index contributed by atoms with van der Waals surface area (Å²) < 4.78 is 30.2. The predicted molar refractivity (Wildman–Crippen MR) is 145 cm³/mol. The van der Waals surface area contributed by atoms with E-state index in [-0.39, 0.29) is 22.5 Å². The SMILES string of the molecule is O=Nc1ccccc1S(=O)(=O)N(C[C@@H]1CN(Cc2ccccc2)C[C@H]1Cc1cccc(Br)c1)C1CC1. The molecule has 0 N–H and O–H groups in total. The molecule has 2 fully saturated rings. The van der Waals surface area contributed by atoms with E-state index in [9.17, 15) is 13.3 Å². The number of nitroso groups, excluding NO2 is 1. The minimum atomic E-state index is -3.83. The molecular weight excluding hydrogens is 538 g/mol. The lowest BCUT2D eigenvalue weighted by Gasteiger charge is -2.28. The summed E-state index contributed by atoms with van der Waals surface area (Å²) in [5, 5.41) is 3.00. The lowest BCUT2D eigenvalue weighted by molar-refractivity contribution is 0.286. The summed E-state index contributed by atoms with van der Waals surface area (Å²) in [7, 11) is -3.83. The van der Waals surface area contributed by atoms with Gasteiger partial charge >= 0.3 is 0 Å². The molecule has 0 bridgehead atoms. The van der Waals surface area contributed by atoms with Crippen LogP contribution in [0.1, 0.15) is 24.0 Å². The first kappa shape index (κ1) is 25.3. The van der Waals surface area contributed by atoms with Crippen molar-refractivity contribution >= 4 is 31.6 Å². The van der Waals surface area contributed by atoms with Crippen molar-refractivity contribution < 1.29 is 8.42 Å². The lowest BCUT2D eigenvalue weighted by Crippen LogP contribution is -2.39. The molecular formula is C28H30BrN3O3S. The fraction of sp³-hybridized carbons (Fsp3) is 0.357. The van der Waals surface area contributed by atoms with Gasteiger partial charge in [0.25, 0.3) is 0 Å². The molecule has 5 rings (SSSR count). The van der Waals surface area contributed by atoms with Crippen molar-refractivity contribution in [2.45, 2.75) is 36.7 Å². The predicted octanol–water partition coefficient (Wildman–Crippen LogP) is 5.99. The summed E-state index contributed by atoms with van der Waals surface area (Å²) in [5.74, 6) is 0.498. The second-order valence-electron chi connectivity index (χ2n) is 9.90. The average Bonchev–Trinajstić information content (AvgIpc) is 3.65. The first-order valence-corrected chi connectivity index (χ1v) is 14.6. The molecule has 1 saturated heterocycles. The van der Waals surface area contributed by atoms with E-state index in [1.165, 1.54) is 23.3 Å². The largest absolute Gasteiger partial charge is 0.298 e. The third-order valence-electron chi connectivity index (χ3n) is 7.21. The zero-order chi connectivity index (χ0) is 25.1. The molecule has 8 heteroatoms. The second-order valence-corrected chi connectivity index (χ2v) is 12.7. The van der Waals surface area contributed by atoms with Crippen LogP contribution in [0, 0.1) is 16.7 Å². The fourth-order valence-corrected chi connectivity index (χ4v) is 7.64. The molecule has 36 heavy (non-hydrogen) atoms. The van der Waals surface area contributed by atoms with Crippen molar-refractivity contribution in [1.29, 1.82) is 0 Å². The number of rotatable bonds is 10. The summed E-state index contributed by atoms with van der Waals surface area (Å²) in [4.78, 5) is 13.8. The summed E-state index contributed by atoms with van der Waals surface area (Å²) in [5.41, 5.74) is 2.49. The highest BCUT2D eigenvalue weighted by molar-refractivity contribution is 9.10. The Morgan fingerprint density at radius 2 is 1.58 bits per heavy atom. The molecule has 0 amide bonds. The normalized spacial score (nSPS) is 20.6. The summed E-state index contributed by atoms with van der Waals surface area (Å²) in [6, 6.07) is 25.0. The van der Waals surface area contributed by atoms with Gasteiger partial charge in [-0.25, -0.2) is 8.42 Å². The van der Waals surface area contributed by atoms with Crippen LogP contribution in [0.2, 0.25) is 0 Å². The molecule has 1 aliphatic heterocycles. The van der Waals surface area contributed by atoms with Crippen molar-refractivity contribution in [2.75, 3.05) is 19.6 Å². The van der Waals surface area contributed by atoms with Gasteiger partial charge in [0, 0.05) is 36.7 Å². The zero-order valence-corrected chi connectivity index (χ0v) is 22.4. The number of hydrogen-bond acceptors (Lipinski definition) is 5. The molecule has 0 radical (unpaired) electrons. The number of likely N-dealkylation sites (tertiary alicyclic amines) is 1. The second kappa shape index (κ2) is 10.9. The van der Waals surface area contributed by atoms with E-state index in [0.717, 1.165) is 43.4 Å². The number of hydrogen-bond donors (Lipinski definition) is 0. The smallest absolute Gasteiger partial charge is 0.245 e. The van der Waals surface area contributed by atoms with Gasteiger partial charge in [0.15, 0.2) is 0 Å². The Labute approximate surface area is 221 Å².